The Hall–Kier alpha value is -0.930. The molecule has 0 spiro atoms. The molecule has 0 saturated carbocycles. The van der Waals surface area contributed by atoms with E-state index in [9.17, 15) is 17.2 Å². The summed E-state index contributed by atoms with van der Waals surface area (Å²) < 4.78 is 53.2. The number of halogens is 4. The van der Waals surface area contributed by atoms with Crippen molar-refractivity contribution in [2.45, 2.75) is 11.8 Å². The first-order valence-electron chi connectivity index (χ1n) is 5.65. The molecule has 21 heavy (non-hydrogen) atoms. The first kappa shape index (κ1) is 16.4. The van der Waals surface area contributed by atoms with E-state index in [1.54, 1.807) is 13.0 Å². The minimum absolute atomic E-state index is 0.100. The van der Waals surface area contributed by atoms with Gasteiger partial charge in [-0.2, -0.15) is 0 Å². The Morgan fingerprint density at radius 3 is 2.48 bits per heavy atom. The lowest BCUT2D eigenvalue weighted by atomic mass is 10.2. The smallest absolute Gasteiger partial charge is 0.262 e. The van der Waals surface area contributed by atoms with Crippen LogP contribution in [-0.4, -0.2) is 8.42 Å². The van der Waals surface area contributed by atoms with Gasteiger partial charge in [0.25, 0.3) is 10.0 Å². The molecule has 112 valence electrons. The van der Waals surface area contributed by atoms with E-state index in [-0.39, 0.29) is 19.2 Å². The van der Waals surface area contributed by atoms with Crippen molar-refractivity contribution >= 4 is 49.9 Å². The summed E-state index contributed by atoms with van der Waals surface area (Å²) in [6, 6.07) is 6.19. The predicted molar refractivity (Wildman–Crippen MR) is 86.1 cm³/mol. The van der Waals surface area contributed by atoms with E-state index < -0.39 is 21.7 Å². The number of benzene rings is 2. The van der Waals surface area contributed by atoms with Gasteiger partial charge in [-0.1, -0.05) is 17.7 Å². The topological polar surface area (TPSA) is 46.2 Å². The first-order valence-corrected chi connectivity index (χ1v) is 8.59. The van der Waals surface area contributed by atoms with Gasteiger partial charge < -0.3 is 0 Å². The number of aryl methyl sites for hydroxylation is 1. The minimum atomic E-state index is -4.00. The second-order valence-electron chi connectivity index (χ2n) is 4.24. The van der Waals surface area contributed by atoms with Crippen LogP contribution in [0.25, 0.3) is 0 Å². The third-order valence-corrected chi connectivity index (χ3v) is 5.49. The lowest BCUT2D eigenvalue weighted by Crippen LogP contribution is -2.14. The van der Waals surface area contributed by atoms with Crippen molar-refractivity contribution in [3.05, 3.63) is 56.1 Å². The zero-order valence-corrected chi connectivity index (χ0v) is 14.4. The number of rotatable bonds is 3. The average molecular weight is 444 g/mol. The van der Waals surface area contributed by atoms with Crippen molar-refractivity contribution in [3.63, 3.8) is 0 Å². The van der Waals surface area contributed by atoms with E-state index in [0.29, 0.717) is 0 Å². The van der Waals surface area contributed by atoms with Gasteiger partial charge in [0.1, 0.15) is 5.82 Å². The minimum Gasteiger partial charge on any atom is -0.277 e. The molecule has 0 unspecified atom stereocenters. The highest BCUT2D eigenvalue weighted by atomic mass is 127. The van der Waals surface area contributed by atoms with Crippen LogP contribution in [-0.2, 0) is 10.0 Å². The molecule has 3 nitrogen and oxygen atoms in total. The molecule has 2 aromatic rings. The van der Waals surface area contributed by atoms with Gasteiger partial charge in [0.2, 0.25) is 0 Å². The quantitative estimate of drug-likeness (QED) is 0.567. The first-order chi connectivity index (χ1) is 9.72. The monoisotopic (exact) mass is 443 g/mol. The van der Waals surface area contributed by atoms with Gasteiger partial charge in [0, 0.05) is 5.02 Å². The standard InChI is InChI=1S/C13H9ClF2INO2S/c1-7-2-3-8(6-9(7)14)21(19,20)18-11-5-4-10(15)13(17)12(11)16/h2-6,18H,1H3. The molecule has 0 aromatic heterocycles. The van der Waals surface area contributed by atoms with E-state index in [4.69, 9.17) is 11.6 Å². The van der Waals surface area contributed by atoms with Gasteiger partial charge in [-0.15, -0.1) is 0 Å². The predicted octanol–water partition coefficient (Wildman–Crippen LogP) is 4.33. The number of nitrogens with one attached hydrogen (secondary N) is 1. The fourth-order valence-electron chi connectivity index (χ4n) is 1.55. The maximum atomic E-state index is 13.9. The SMILES string of the molecule is Cc1ccc(S(=O)(=O)Nc2ccc(F)c(I)c2F)cc1Cl. The third kappa shape index (κ3) is 3.46. The molecule has 2 aromatic carbocycles. The molecular formula is C13H9ClF2INO2S. The van der Waals surface area contributed by atoms with Crippen molar-refractivity contribution in [2.75, 3.05) is 4.72 Å². The second-order valence-corrected chi connectivity index (χ2v) is 7.41. The normalized spacial score (nSPS) is 11.5. The molecule has 0 saturated heterocycles. The molecule has 1 N–H and O–H groups in total. The Balaban J connectivity index is 2.42. The summed E-state index contributed by atoms with van der Waals surface area (Å²) >= 11 is 7.35. The van der Waals surface area contributed by atoms with Crippen LogP contribution in [0.4, 0.5) is 14.5 Å². The lowest BCUT2D eigenvalue weighted by molar-refractivity contribution is 0.571. The summed E-state index contributed by atoms with van der Waals surface area (Å²) in [7, 11) is -4.00. The van der Waals surface area contributed by atoms with Crippen molar-refractivity contribution in [1.29, 1.82) is 0 Å². The van der Waals surface area contributed by atoms with Crippen LogP contribution in [0, 0.1) is 22.1 Å². The highest BCUT2D eigenvalue weighted by Crippen LogP contribution is 2.26. The fraction of sp³-hybridized carbons (Fsp3) is 0.0769. The van der Waals surface area contributed by atoms with Crippen molar-refractivity contribution in [3.8, 4) is 0 Å². The zero-order chi connectivity index (χ0) is 15.8. The molecule has 0 aliphatic heterocycles. The third-order valence-electron chi connectivity index (χ3n) is 2.73. The zero-order valence-electron chi connectivity index (χ0n) is 10.6. The van der Waals surface area contributed by atoms with Crippen molar-refractivity contribution in [2.24, 2.45) is 0 Å². The van der Waals surface area contributed by atoms with Crippen LogP contribution in [0.5, 0.6) is 0 Å². The maximum absolute atomic E-state index is 13.9. The largest absolute Gasteiger partial charge is 0.277 e. The highest BCUT2D eigenvalue weighted by Gasteiger charge is 2.19. The molecule has 0 aliphatic carbocycles. The Kier molecular flexibility index (Phi) is 4.74. The number of hydrogen-bond donors (Lipinski definition) is 1. The molecule has 0 heterocycles. The lowest BCUT2D eigenvalue weighted by Gasteiger charge is -2.11. The number of anilines is 1. The Labute approximate surface area is 139 Å². The highest BCUT2D eigenvalue weighted by molar-refractivity contribution is 14.1. The molecule has 0 aliphatic rings. The molecule has 0 fully saturated rings. The molecule has 0 bridgehead atoms. The van der Waals surface area contributed by atoms with Gasteiger partial charge in [-0.3, -0.25) is 4.72 Å². The van der Waals surface area contributed by atoms with E-state index in [2.05, 4.69) is 4.72 Å². The Morgan fingerprint density at radius 2 is 1.86 bits per heavy atom. The van der Waals surface area contributed by atoms with Crippen molar-refractivity contribution in [1.82, 2.24) is 0 Å². The van der Waals surface area contributed by atoms with Gasteiger partial charge in [-0.05, 0) is 59.3 Å². The van der Waals surface area contributed by atoms with E-state index in [1.165, 1.54) is 34.7 Å². The van der Waals surface area contributed by atoms with Crippen LogP contribution in [0.15, 0.2) is 35.2 Å². The van der Waals surface area contributed by atoms with Crippen LogP contribution < -0.4 is 4.72 Å². The van der Waals surface area contributed by atoms with Gasteiger partial charge in [-0.25, -0.2) is 17.2 Å². The van der Waals surface area contributed by atoms with Crippen LogP contribution >= 0.6 is 34.2 Å². The summed E-state index contributed by atoms with van der Waals surface area (Å²) in [6.07, 6.45) is 0. The van der Waals surface area contributed by atoms with Gasteiger partial charge in [0.05, 0.1) is 14.2 Å². The van der Waals surface area contributed by atoms with Gasteiger partial charge in [0.15, 0.2) is 5.82 Å². The van der Waals surface area contributed by atoms with Crippen LogP contribution in [0.2, 0.25) is 5.02 Å². The summed E-state index contributed by atoms with van der Waals surface area (Å²) in [6.45, 7) is 1.73. The van der Waals surface area contributed by atoms with E-state index >= 15 is 0 Å². The number of hydrogen-bond acceptors (Lipinski definition) is 2. The van der Waals surface area contributed by atoms with E-state index in [0.717, 1.165) is 17.7 Å². The summed E-state index contributed by atoms with van der Waals surface area (Å²) in [4.78, 5) is -0.100. The molecule has 2 rings (SSSR count). The molecular weight excluding hydrogens is 435 g/mol. The van der Waals surface area contributed by atoms with Crippen LogP contribution in [0.3, 0.4) is 0 Å². The summed E-state index contributed by atoms with van der Waals surface area (Å²) in [5.74, 6) is -1.72. The second kappa shape index (κ2) is 6.05. The van der Waals surface area contributed by atoms with E-state index in [1.807, 2.05) is 0 Å². The fourth-order valence-corrected chi connectivity index (χ4v) is 3.35. The van der Waals surface area contributed by atoms with Crippen molar-refractivity contribution < 1.29 is 17.2 Å². The Bertz CT molecular complexity index is 812. The summed E-state index contributed by atoms with van der Waals surface area (Å²) in [5.41, 5.74) is 0.399. The molecule has 8 heteroatoms. The maximum Gasteiger partial charge on any atom is 0.262 e. The molecule has 0 atom stereocenters. The molecule has 0 radical (unpaired) electrons. The Morgan fingerprint density at radius 1 is 1.19 bits per heavy atom. The summed E-state index contributed by atoms with van der Waals surface area (Å²) in [5, 5.41) is 0.284. The molecule has 0 amide bonds. The van der Waals surface area contributed by atoms with Crippen LogP contribution in [0.1, 0.15) is 5.56 Å². The number of sulfonamides is 1. The van der Waals surface area contributed by atoms with Gasteiger partial charge >= 0.3 is 0 Å². The average Bonchev–Trinajstić information content (AvgIpc) is 2.42.